The summed E-state index contributed by atoms with van der Waals surface area (Å²) in [4.78, 5) is 5.87. The number of aromatic nitrogens is 3. The second-order valence-corrected chi connectivity index (χ2v) is 7.80. The quantitative estimate of drug-likeness (QED) is 0.340. The maximum Gasteiger partial charge on any atom is 0.573 e. The van der Waals surface area contributed by atoms with Gasteiger partial charge in [-0.1, -0.05) is 5.10 Å². The molecule has 4 rings (SSSR count). The minimum Gasteiger partial charge on any atom is -0.406 e. The molecule has 0 aliphatic rings. The molecule has 0 aliphatic carbocycles. The standard InChI is InChI=1S/C19H13F3N4O2S2/c20-19(21,22)28-14-3-1-13(2-4-14)24-18-26-25-17(27-18)16-15(7-10-29-16)30-11-12-5-8-23-9-6-12/h1-10H,11H2,(H,24,26). The summed E-state index contributed by atoms with van der Waals surface area (Å²) in [5.74, 6) is 0.827. The number of thiophene rings is 1. The van der Waals surface area contributed by atoms with Crippen molar-refractivity contribution < 1.29 is 22.3 Å². The third kappa shape index (κ3) is 5.30. The van der Waals surface area contributed by atoms with E-state index in [9.17, 15) is 13.2 Å². The van der Waals surface area contributed by atoms with Gasteiger partial charge in [0.25, 0.3) is 5.89 Å². The van der Waals surface area contributed by atoms with Crippen LogP contribution in [0.4, 0.5) is 24.9 Å². The predicted octanol–water partition coefficient (Wildman–Crippen LogP) is 6.13. The van der Waals surface area contributed by atoms with Gasteiger partial charge in [0.05, 0.1) is 0 Å². The summed E-state index contributed by atoms with van der Waals surface area (Å²) in [6, 6.07) is 11.3. The lowest BCUT2D eigenvalue weighted by atomic mass is 10.3. The van der Waals surface area contributed by atoms with E-state index in [1.165, 1.54) is 35.6 Å². The van der Waals surface area contributed by atoms with Gasteiger partial charge in [0.1, 0.15) is 10.6 Å². The number of rotatable bonds is 7. The summed E-state index contributed by atoms with van der Waals surface area (Å²) in [5.41, 5.74) is 1.64. The lowest BCUT2D eigenvalue weighted by Gasteiger charge is -2.09. The lowest BCUT2D eigenvalue weighted by molar-refractivity contribution is -0.274. The Bertz CT molecular complexity index is 1100. The molecular weight excluding hydrogens is 437 g/mol. The van der Waals surface area contributed by atoms with E-state index in [1.807, 2.05) is 23.6 Å². The van der Waals surface area contributed by atoms with Gasteiger partial charge in [0.2, 0.25) is 0 Å². The highest BCUT2D eigenvalue weighted by atomic mass is 32.2. The number of alkyl halides is 3. The van der Waals surface area contributed by atoms with Gasteiger partial charge < -0.3 is 14.5 Å². The van der Waals surface area contributed by atoms with Crippen LogP contribution in [0.2, 0.25) is 0 Å². The van der Waals surface area contributed by atoms with Crippen molar-refractivity contribution in [2.75, 3.05) is 5.32 Å². The largest absolute Gasteiger partial charge is 0.573 e. The van der Waals surface area contributed by atoms with Crippen molar-refractivity contribution in [2.45, 2.75) is 17.0 Å². The monoisotopic (exact) mass is 450 g/mol. The molecule has 3 heterocycles. The molecule has 30 heavy (non-hydrogen) atoms. The molecule has 1 aromatic carbocycles. The highest BCUT2D eigenvalue weighted by Gasteiger charge is 2.31. The molecule has 0 saturated heterocycles. The molecule has 0 bridgehead atoms. The fourth-order valence-corrected chi connectivity index (χ4v) is 4.45. The number of hydrogen-bond donors (Lipinski definition) is 1. The molecule has 0 amide bonds. The van der Waals surface area contributed by atoms with Crippen LogP contribution >= 0.6 is 23.1 Å². The van der Waals surface area contributed by atoms with Crippen LogP contribution < -0.4 is 10.1 Å². The van der Waals surface area contributed by atoms with Crippen molar-refractivity contribution >= 4 is 34.8 Å². The van der Waals surface area contributed by atoms with Crippen LogP contribution in [0.15, 0.2) is 69.6 Å². The Labute approximate surface area is 177 Å². The number of thioether (sulfide) groups is 1. The predicted molar refractivity (Wildman–Crippen MR) is 108 cm³/mol. The molecule has 6 nitrogen and oxygen atoms in total. The van der Waals surface area contributed by atoms with E-state index in [1.54, 1.807) is 24.2 Å². The van der Waals surface area contributed by atoms with Crippen LogP contribution in [0.3, 0.4) is 0 Å². The summed E-state index contributed by atoms with van der Waals surface area (Å²) in [6.45, 7) is 0. The van der Waals surface area contributed by atoms with Gasteiger partial charge >= 0.3 is 12.4 Å². The van der Waals surface area contributed by atoms with E-state index in [2.05, 4.69) is 25.2 Å². The molecule has 0 fully saturated rings. The van der Waals surface area contributed by atoms with Crippen molar-refractivity contribution in [3.05, 3.63) is 65.8 Å². The van der Waals surface area contributed by atoms with Crippen molar-refractivity contribution in [2.24, 2.45) is 0 Å². The van der Waals surface area contributed by atoms with Crippen molar-refractivity contribution in [1.29, 1.82) is 0 Å². The fourth-order valence-electron chi connectivity index (χ4n) is 2.44. The molecule has 154 valence electrons. The van der Waals surface area contributed by atoms with Gasteiger partial charge in [-0.15, -0.1) is 41.4 Å². The van der Waals surface area contributed by atoms with Crippen molar-refractivity contribution in [3.63, 3.8) is 0 Å². The number of halogens is 3. The molecule has 1 N–H and O–H groups in total. The number of anilines is 2. The van der Waals surface area contributed by atoms with Gasteiger partial charge in [0.15, 0.2) is 0 Å². The van der Waals surface area contributed by atoms with E-state index in [0.717, 1.165) is 21.1 Å². The molecule has 0 aliphatic heterocycles. The van der Waals surface area contributed by atoms with Gasteiger partial charge in [-0.25, -0.2) is 0 Å². The topological polar surface area (TPSA) is 73.1 Å². The van der Waals surface area contributed by atoms with E-state index < -0.39 is 6.36 Å². The number of nitrogens with one attached hydrogen (secondary N) is 1. The summed E-state index contributed by atoms with van der Waals surface area (Å²) >= 11 is 3.13. The van der Waals surface area contributed by atoms with E-state index in [0.29, 0.717) is 11.6 Å². The Hall–Kier alpha value is -3.05. The zero-order valence-electron chi connectivity index (χ0n) is 15.1. The van der Waals surface area contributed by atoms with Gasteiger partial charge in [-0.3, -0.25) is 4.98 Å². The maximum absolute atomic E-state index is 12.2. The summed E-state index contributed by atoms with van der Waals surface area (Å²) in [5, 5.41) is 12.8. The third-order valence-corrected chi connectivity index (χ3v) is 5.89. The molecule has 0 spiro atoms. The molecule has 3 aromatic heterocycles. The molecule has 4 aromatic rings. The Morgan fingerprint density at radius 3 is 2.53 bits per heavy atom. The minimum atomic E-state index is -4.73. The highest BCUT2D eigenvalue weighted by Crippen LogP contribution is 2.37. The maximum atomic E-state index is 12.2. The minimum absolute atomic E-state index is 0.132. The average molecular weight is 450 g/mol. The lowest BCUT2D eigenvalue weighted by Crippen LogP contribution is -2.16. The number of hydrogen-bond acceptors (Lipinski definition) is 8. The molecule has 0 saturated carbocycles. The molecular formula is C19H13F3N4O2S2. The first-order chi connectivity index (χ1) is 14.5. The first-order valence-electron chi connectivity index (χ1n) is 8.52. The second-order valence-electron chi connectivity index (χ2n) is 5.87. The number of nitrogens with zero attached hydrogens (tertiary/aromatic N) is 3. The van der Waals surface area contributed by atoms with Gasteiger partial charge in [-0.05, 0) is 53.4 Å². The van der Waals surface area contributed by atoms with Crippen LogP contribution in [0.25, 0.3) is 10.8 Å². The van der Waals surface area contributed by atoms with E-state index in [-0.39, 0.29) is 11.8 Å². The fraction of sp³-hybridized carbons (Fsp3) is 0.105. The third-order valence-electron chi connectivity index (χ3n) is 3.73. The highest BCUT2D eigenvalue weighted by molar-refractivity contribution is 7.98. The van der Waals surface area contributed by atoms with Gasteiger partial charge in [0, 0.05) is 28.7 Å². The average Bonchev–Trinajstić information content (AvgIpc) is 3.37. The number of pyridine rings is 1. The van der Waals surface area contributed by atoms with Crippen molar-refractivity contribution in [3.8, 4) is 16.5 Å². The molecule has 11 heteroatoms. The summed E-state index contributed by atoms with van der Waals surface area (Å²) < 4.78 is 46.2. The Balaban J connectivity index is 1.42. The zero-order valence-corrected chi connectivity index (χ0v) is 16.7. The van der Waals surface area contributed by atoms with Crippen LogP contribution in [-0.4, -0.2) is 21.5 Å². The SMILES string of the molecule is FC(F)(F)Oc1ccc(Nc2nnc(-c3sccc3SCc3ccncc3)o2)cc1. The Morgan fingerprint density at radius 1 is 1.03 bits per heavy atom. The number of benzene rings is 1. The van der Waals surface area contributed by atoms with Crippen molar-refractivity contribution in [1.82, 2.24) is 15.2 Å². The normalized spacial score (nSPS) is 11.4. The Kier molecular flexibility index (Phi) is 5.91. The van der Waals surface area contributed by atoms with E-state index in [4.69, 9.17) is 4.42 Å². The van der Waals surface area contributed by atoms with Crippen LogP contribution in [-0.2, 0) is 5.75 Å². The Morgan fingerprint density at radius 2 is 1.80 bits per heavy atom. The van der Waals surface area contributed by atoms with E-state index >= 15 is 0 Å². The molecule has 0 unspecified atom stereocenters. The smallest absolute Gasteiger partial charge is 0.406 e. The van der Waals surface area contributed by atoms with Gasteiger partial charge in [-0.2, -0.15) is 0 Å². The van der Waals surface area contributed by atoms with Crippen LogP contribution in [0.1, 0.15) is 5.56 Å². The number of ether oxygens (including phenoxy) is 1. The first kappa shape index (κ1) is 20.2. The second kappa shape index (κ2) is 8.76. The van der Waals surface area contributed by atoms with Crippen LogP contribution in [0, 0.1) is 0 Å². The zero-order chi connectivity index (χ0) is 21.0. The van der Waals surface area contributed by atoms with Crippen LogP contribution in [0.5, 0.6) is 5.75 Å². The summed E-state index contributed by atoms with van der Waals surface area (Å²) in [6.07, 6.45) is -1.23. The molecule has 0 atom stereocenters. The molecule has 0 radical (unpaired) electrons. The first-order valence-corrected chi connectivity index (χ1v) is 10.4. The summed E-state index contributed by atoms with van der Waals surface area (Å²) in [7, 11) is 0.